The third kappa shape index (κ3) is 1.63. The maximum absolute atomic E-state index is 11.3. The second kappa shape index (κ2) is 3.42. The SMILES string of the molecule is Cc1ccc2c(c1)C(N)CCC(=O)N2. The molecule has 1 amide bonds. The van der Waals surface area contributed by atoms with Gasteiger partial charge in [0.1, 0.15) is 0 Å². The molecule has 0 saturated heterocycles. The van der Waals surface area contributed by atoms with Crippen LogP contribution < -0.4 is 11.1 Å². The van der Waals surface area contributed by atoms with E-state index >= 15 is 0 Å². The standard InChI is InChI=1S/C11H14N2O/c1-7-2-4-10-8(6-7)9(12)3-5-11(14)13-10/h2,4,6,9H,3,5,12H2,1H3,(H,13,14). The van der Waals surface area contributed by atoms with Crippen molar-refractivity contribution in [1.82, 2.24) is 0 Å². The largest absolute Gasteiger partial charge is 0.326 e. The first-order valence-corrected chi connectivity index (χ1v) is 4.83. The summed E-state index contributed by atoms with van der Waals surface area (Å²) in [4.78, 5) is 11.3. The molecule has 1 unspecified atom stereocenters. The van der Waals surface area contributed by atoms with Gasteiger partial charge in [-0.05, 0) is 25.0 Å². The van der Waals surface area contributed by atoms with Gasteiger partial charge in [-0.25, -0.2) is 0 Å². The molecule has 1 atom stereocenters. The first kappa shape index (κ1) is 9.21. The van der Waals surface area contributed by atoms with Crippen molar-refractivity contribution in [2.45, 2.75) is 25.8 Å². The summed E-state index contributed by atoms with van der Waals surface area (Å²) in [5.41, 5.74) is 9.08. The number of aryl methyl sites for hydroxylation is 1. The third-order valence-corrected chi connectivity index (χ3v) is 2.56. The van der Waals surface area contributed by atoms with Crippen LogP contribution in [-0.4, -0.2) is 5.91 Å². The van der Waals surface area contributed by atoms with Gasteiger partial charge in [0.05, 0.1) is 0 Å². The number of amides is 1. The number of benzene rings is 1. The number of carbonyl (C=O) groups excluding carboxylic acids is 1. The quantitative estimate of drug-likeness (QED) is 0.654. The van der Waals surface area contributed by atoms with Gasteiger partial charge in [0.15, 0.2) is 0 Å². The van der Waals surface area contributed by atoms with E-state index in [4.69, 9.17) is 5.73 Å². The van der Waals surface area contributed by atoms with Crippen LogP contribution in [-0.2, 0) is 4.79 Å². The van der Waals surface area contributed by atoms with Crippen LogP contribution in [0.1, 0.15) is 30.0 Å². The fraction of sp³-hybridized carbons (Fsp3) is 0.364. The smallest absolute Gasteiger partial charge is 0.224 e. The Morgan fingerprint density at radius 3 is 3.07 bits per heavy atom. The average molecular weight is 190 g/mol. The van der Waals surface area contributed by atoms with E-state index in [9.17, 15) is 4.79 Å². The molecule has 1 aliphatic rings. The topological polar surface area (TPSA) is 55.1 Å². The minimum Gasteiger partial charge on any atom is -0.326 e. The number of rotatable bonds is 0. The molecule has 1 aromatic rings. The molecule has 0 spiro atoms. The highest BCUT2D eigenvalue weighted by Gasteiger charge is 2.18. The molecular weight excluding hydrogens is 176 g/mol. The van der Waals surface area contributed by atoms with Crippen LogP contribution in [0, 0.1) is 6.92 Å². The highest BCUT2D eigenvalue weighted by atomic mass is 16.1. The lowest BCUT2D eigenvalue weighted by Gasteiger charge is -2.12. The molecule has 3 nitrogen and oxygen atoms in total. The molecule has 0 radical (unpaired) electrons. The number of fused-ring (bicyclic) bond motifs is 1. The third-order valence-electron chi connectivity index (χ3n) is 2.56. The zero-order chi connectivity index (χ0) is 10.1. The first-order chi connectivity index (χ1) is 6.66. The molecule has 1 aliphatic heterocycles. The van der Waals surface area contributed by atoms with Crippen molar-refractivity contribution in [2.24, 2.45) is 5.73 Å². The number of anilines is 1. The number of hydrogen-bond donors (Lipinski definition) is 2. The molecule has 0 bridgehead atoms. The molecule has 1 aromatic carbocycles. The number of nitrogens with two attached hydrogens (primary N) is 1. The van der Waals surface area contributed by atoms with Crippen molar-refractivity contribution in [2.75, 3.05) is 5.32 Å². The van der Waals surface area contributed by atoms with Crippen LogP contribution in [0.4, 0.5) is 5.69 Å². The van der Waals surface area contributed by atoms with Crippen molar-refractivity contribution in [3.05, 3.63) is 29.3 Å². The predicted octanol–water partition coefficient (Wildman–Crippen LogP) is 1.73. The van der Waals surface area contributed by atoms with Crippen LogP contribution in [0.5, 0.6) is 0 Å². The number of nitrogens with one attached hydrogen (secondary N) is 1. The Hall–Kier alpha value is -1.35. The van der Waals surface area contributed by atoms with Gasteiger partial charge >= 0.3 is 0 Å². The zero-order valence-corrected chi connectivity index (χ0v) is 8.21. The van der Waals surface area contributed by atoms with Crippen molar-refractivity contribution >= 4 is 11.6 Å². The highest BCUT2D eigenvalue weighted by molar-refractivity contribution is 5.92. The molecule has 14 heavy (non-hydrogen) atoms. The average Bonchev–Trinajstić information content (AvgIpc) is 2.29. The second-order valence-electron chi connectivity index (χ2n) is 3.78. The molecule has 0 aliphatic carbocycles. The van der Waals surface area contributed by atoms with Crippen molar-refractivity contribution in [3.8, 4) is 0 Å². The van der Waals surface area contributed by atoms with E-state index in [1.165, 1.54) is 5.56 Å². The van der Waals surface area contributed by atoms with Crippen molar-refractivity contribution in [3.63, 3.8) is 0 Å². The molecular formula is C11H14N2O. The van der Waals surface area contributed by atoms with Gasteiger partial charge in [0.25, 0.3) is 0 Å². The summed E-state index contributed by atoms with van der Waals surface area (Å²) >= 11 is 0. The Morgan fingerprint density at radius 2 is 2.29 bits per heavy atom. The van der Waals surface area contributed by atoms with Crippen LogP contribution in [0.15, 0.2) is 18.2 Å². The van der Waals surface area contributed by atoms with Crippen molar-refractivity contribution in [1.29, 1.82) is 0 Å². The molecule has 3 N–H and O–H groups in total. The molecule has 0 saturated carbocycles. The van der Waals surface area contributed by atoms with E-state index in [1.807, 2.05) is 25.1 Å². The highest BCUT2D eigenvalue weighted by Crippen LogP contribution is 2.28. The lowest BCUT2D eigenvalue weighted by Crippen LogP contribution is -2.09. The van der Waals surface area contributed by atoms with Gasteiger partial charge in [0, 0.05) is 18.2 Å². The first-order valence-electron chi connectivity index (χ1n) is 4.83. The van der Waals surface area contributed by atoms with Gasteiger partial charge in [-0.1, -0.05) is 17.7 Å². The summed E-state index contributed by atoms with van der Waals surface area (Å²) in [5.74, 6) is 0.0584. The molecule has 1 heterocycles. The fourth-order valence-electron chi connectivity index (χ4n) is 1.76. The Labute approximate surface area is 83.3 Å². The van der Waals surface area contributed by atoms with Gasteiger partial charge in [-0.15, -0.1) is 0 Å². The Kier molecular flexibility index (Phi) is 2.25. The molecule has 0 aromatic heterocycles. The summed E-state index contributed by atoms with van der Waals surface area (Å²) in [6, 6.07) is 5.93. The lowest BCUT2D eigenvalue weighted by atomic mass is 10.0. The summed E-state index contributed by atoms with van der Waals surface area (Å²) in [6.45, 7) is 2.03. The van der Waals surface area contributed by atoms with E-state index in [2.05, 4.69) is 5.32 Å². The Bertz CT molecular complexity index is 374. The van der Waals surface area contributed by atoms with E-state index in [0.29, 0.717) is 6.42 Å². The molecule has 74 valence electrons. The summed E-state index contributed by atoms with van der Waals surface area (Å²) in [6.07, 6.45) is 1.23. The maximum atomic E-state index is 11.3. The van der Waals surface area contributed by atoms with Gasteiger partial charge in [0.2, 0.25) is 5.91 Å². The second-order valence-corrected chi connectivity index (χ2v) is 3.78. The van der Waals surface area contributed by atoms with Crippen LogP contribution >= 0.6 is 0 Å². The van der Waals surface area contributed by atoms with Crippen LogP contribution in [0.25, 0.3) is 0 Å². The van der Waals surface area contributed by atoms with Crippen LogP contribution in [0.3, 0.4) is 0 Å². The number of carbonyl (C=O) groups is 1. The molecule has 3 heteroatoms. The zero-order valence-electron chi connectivity index (χ0n) is 8.21. The van der Waals surface area contributed by atoms with E-state index in [-0.39, 0.29) is 11.9 Å². The molecule has 0 fully saturated rings. The van der Waals surface area contributed by atoms with E-state index < -0.39 is 0 Å². The minimum absolute atomic E-state index is 0.0242. The van der Waals surface area contributed by atoms with Crippen LogP contribution in [0.2, 0.25) is 0 Å². The normalized spacial score (nSPS) is 21.0. The maximum Gasteiger partial charge on any atom is 0.224 e. The Balaban J connectivity index is 2.46. The monoisotopic (exact) mass is 190 g/mol. The van der Waals surface area contributed by atoms with E-state index in [1.54, 1.807) is 0 Å². The predicted molar refractivity (Wildman–Crippen MR) is 56.0 cm³/mol. The van der Waals surface area contributed by atoms with Gasteiger partial charge < -0.3 is 11.1 Å². The minimum atomic E-state index is -0.0242. The summed E-state index contributed by atoms with van der Waals surface area (Å²) < 4.78 is 0. The van der Waals surface area contributed by atoms with Crippen molar-refractivity contribution < 1.29 is 4.79 Å². The Morgan fingerprint density at radius 1 is 1.50 bits per heavy atom. The van der Waals surface area contributed by atoms with Gasteiger partial charge in [-0.2, -0.15) is 0 Å². The summed E-state index contributed by atoms with van der Waals surface area (Å²) in [5, 5.41) is 2.86. The van der Waals surface area contributed by atoms with Gasteiger partial charge in [-0.3, -0.25) is 4.79 Å². The summed E-state index contributed by atoms with van der Waals surface area (Å²) in [7, 11) is 0. The fourth-order valence-corrected chi connectivity index (χ4v) is 1.76. The lowest BCUT2D eigenvalue weighted by molar-refractivity contribution is -0.116. The van der Waals surface area contributed by atoms with E-state index in [0.717, 1.165) is 17.7 Å². The molecule has 2 rings (SSSR count). The number of hydrogen-bond acceptors (Lipinski definition) is 2.